The van der Waals surface area contributed by atoms with Gasteiger partial charge in [0.2, 0.25) is 0 Å². The molecule has 1 aliphatic rings. The molecule has 0 radical (unpaired) electrons. The van der Waals surface area contributed by atoms with E-state index in [-0.39, 0.29) is 40.8 Å². The molecule has 0 aromatic rings. The van der Waals surface area contributed by atoms with Crippen LogP contribution in [0.25, 0.3) is 0 Å². The van der Waals surface area contributed by atoms with E-state index in [0.29, 0.717) is 26.1 Å². The monoisotopic (exact) mass is 435 g/mol. The third-order valence-electron chi connectivity index (χ3n) is 3.11. The Morgan fingerprint density at radius 1 is 1.00 bits per heavy atom. The van der Waals surface area contributed by atoms with Crippen molar-refractivity contribution in [3.8, 4) is 0 Å². The number of rotatable bonds is 5. The van der Waals surface area contributed by atoms with Crippen molar-refractivity contribution in [2.75, 3.05) is 32.6 Å². The highest BCUT2D eigenvalue weighted by molar-refractivity contribution is 8.17. The van der Waals surface area contributed by atoms with Crippen LogP contribution in [0, 0.1) is 0 Å². The van der Waals surface area contributed by atoms with E-state index < -0.39 is 0 Å². The van der Waals surface area contributed by atoms with Gasteiger partial charge in [-0.05, 0) is 33.6 Å². The van der Waals surface area contributed by atoms with Crippen LogP contribution in [0.5, 0.6) is 0 Å². The Hall–Kier alpha value is -2.00. The summed E-state index contributed by atoms with van der Waals surface area (Å²) in [6.07, 6.45) is 0.939. The zero-order valence-electron chi connectivity index (χ0n) is 18.8. The standard InChI is InChI=1S/C11H16O3S.2C4H8O2.CH5N/c1-4-11(13)14-7-10-8(2)9(12)5-6-15(10)3;2*1-3-6-4(2)5;1-2/h3-7H2,1-2H3;2*3H2,1-2H3;2H2,1H3. The van der Waals surface area contributed by atoms with Gasteiger partial charge in [-0.25, -0.2) is 0 Å². The SMILES string of the molecule is C=S1CCC(=O)C(C)=C1COC(=O)CC.CCOC(C)=O.CCOC(C)=O.CN. The number of hydrogen-bond donors (Lipinski definition) is 1. The van der Waals surface area contributed by atoms with E-state index in [1.54, 1.807) is 27.7 Å². The minimum Gasteiger partial charge on any atom is -0.466 e. The molecule has 0 aromatic carbocycles. The molecule has 0 saturated heterocycles. The van der Waals surface area contributed by atoms with Gasteiger partial charge in [0.1, 0.15) is 6.61 Å². The van der Waals surface area contributed by atoms with Crippen molar-refractivity contribution in [3.05, 3.63) is 10.5 Å². The molecule has 1 rings (SSSR count). The normalized spacial score (nSPS) is 14.6. The molecule has 0 spiro atoms. The Bertz CT molecular complexity index is 555. The topological polar surface area (TPSA) is 122 Å². The zero-order valence-corrected chi connectivity index (χ0v) is 19.6. The van der Waals surface area contributed by atoms with Crippen LogP contribution < -0.4 is 5.73 Å². The number of ether oxygens (including phenoxy) is 3. The molecule has 1 heterocycles. The van der Waals surface area contributed by atoms with E-state index in [1.807, 2.05) is 0 Å². The number of carbonyl (C=O) groups is 4. The van der Waals surface area contributed by atoms with Crippen molar-refractivity contribution < 1.29 is 33.4 Å². The van der Waals surface area contributed by atoms with Gasteiger partial charge in [0.05, 0.1) is 13.2 Å². The Labute approximate surface area is 177 Å². The van der Waals surface area contributed by atoms with Crippen molar-refractivity contribution in [1.82, 2.24) is 0 Å². The lowest BCUT2D eigenvalue weighted by Crippen LogP contribution is -2.15. The fourth-order valence-electron chi connectivity index (χ4n) is 1.74. The maximum Gasteiger partial charge on any atom is 0.305 e. The second-order valence-corrected chi connectivity index (χ2v) is 7.17. The summed E-state index contributed by atoms with van der Waals surface area (Å²) in [5.74, 6) is 4.29. The predicted octanol–water partition coefficient (Wildman–Crippen LogP) is 2.60. The van der Waals surface area contributed by atoms with Crippen LogP contribution in [-0.4, -0.2) is 62.2 Å². The third-order valence-corrected chi connectivity index (χ3v) is 4.93. The largest absolute Gasteiger partial charge is 0.466 e. The van der Waals surface area contributed by atoms with Crippen molar-refractivity contribution in [2.24, 2.45) is 5.73 Å². The number of esters is 3. The lowest BCUT2D eigenvalue weighted by molar-refractivity contribution is -0.142. The first-order valence-corrected chi connectivity index (χ1v) is 10.9. The lowest BCUT2D eigenvalue weighted by atomic mass is 10.1. The summed E-state index contributed by atoms with van der Waals surface area (Å²) in [4.78, 5) is 43.0. The summed E-state index contributed by atoms with van der Waals surface area (Å²) in [7, 11) is 1.33. The first-order chi connectivity index (χ1) is 13.6. The van der Waals surface area contributed by atoms with Gasteiger partial charge in [0.25, 0.3) is 0 Å². The fraction of sp³-hybridized carbons (Fsp3) is 0.650. The molecule has 8 nitrogen and oxygen atoms in total. The summed E-state index contributed by atoms with van der Waals surface area (Å²) >= 11 is 0. The summed E-state index contributed by atoms with van der Waals surface area (Å²) in [5, 5.41) is 0. The highest BCUT2D eigenvalue weighted by atomic mass is 32.2. The quantitative estimate of drug-likeness (QED) is 0.397. The van der Waals surface area contributed by atoms with Gasteiger partial charge in [0, 0.05) is 37.2 Å². The van der Waals surface area contributed by atoms with Crippen LogP contribution in [0.15, 0.2) is 10.5 Å². The number of carbonyl (C=O) groups excluding carboxylic acids is 4. The van der Waals surface area contributed by atoms with E-state index in [9.17, 15) is 19.2 Å². The number of hydrogen-bond acceptors (Lipinski definition) is 8. The highest BCUT2D eigenvalue weighted by Gasteiger charge is 2.19. The van der Waals surface area contributed by atoms with Gasteiger partial charge in [-0.15, -0.1) is 0 Å². The summed E-state index contributed by atoms with van der Waals surface area (Å²) in [5.41, 5.74) is 5.24. The molecule has 0 fully saturated rings. The second-order valence-electron chi connectivity index (χ2n) is 5.28. The van der Waals surface area contributed by atoms with Gasteiger partial charge < -0.3 is 19.9 Å². The van der Waals surface area contributed by atoms with Crippen LogP contribution in [0.3, 0.4) is 0 Å². The molecule has 1 aliphatic heterocycles. The van der Waals surface area contributed by atoms with E-state index in [2.05, 4.69) is 21.1 Å². The number of Topliss-reactive ketones (excluding diaryl/α,β-unsaturated/α-hetero) is 1. The molecular weight excluding hydrogens is 398 g/mol. The molecule has 0 aromatic heterocycles. The molecule has 29 heavy (non-hydrogen) atoms. The molecule has 0 amide bonds. The van der Waals surface area contributed by atoms with Crippen molar-refractivity contribution in [1.29, 1.82) is 0 Å². The Kier molecular flexibility index (Phi) is 22.6. The molecule has 1 unspecified atom stereocenters. The molecular formula is C20H37NO7S. The van der Waals surface area contributed by atoms with Crippen molar-refractivity contribution >= 4 is 40.0 Å². The van der Waals surface area contributed by atoms with E-state index in [0.717, 1.165) is 16.2 Å². The third kappa shape index (κ3) is 19.1. The molecule has 0 aliphatic carbocycles. The molecule has 170 valence electrons. The maximum absolute atomic E-state index is 11.4. The molecule has 0 saturated carbocycles. The van der Waals surface area contributed by atoms with Crippen LogP contribution >= 0.6 is 10.5 Å². The number of ketones is 1. The van der Waals surface area contributed by atoms with Crippen LogP contribution in [-0.2, 0) is 33.4 Å². The Morgan fingerprint density at radius 2 is 1.45 bits per heavy atom. The summed E-state index contributed by atoms with van der Waals surface area (Å²) < 4.78 is 13.8. The Balaban J connectivity index is -0.000000401. The number of nitrogens with two attached hydrogens (primary N) is 1. The molecule has 0 bridgehead atoms. The van der Waals surface area contributed by atoms with E-state index in [4.69, 9.17) is 4.74 Å². The minimum atomic E-state index is -0.231. The van der Waals surface area contributed by atoms with Gasteiger partial charge >= 0.3 is 17.9 Å². The van der Waals surface area contributed by atoms with Gasteiger partial charge in [-0.3, -0.25) is 19.2 Å². The van der Waals surface area contributed by atoms with E-state index >= 15 is 0 Å². The average Bonchev–Trinajstić information content (AvgIpc) is 2.67. The van der Waals surface area contributed by atoms with Gasteiger partial charge in [-0.2, -0.15) is 10.5 Å². The van der Waals surface area contributed by atoms with E-state index in [1.165, 1.54) is 20.9 Å². The first-order valence-electron chi connectivity index (χ1n) is 9.34. The summed E-state index contributed by atoms with van der Waals surface area (Å²) in [6, 6.07) is 0. The van der Waals surface area contributed by atoms with Crippen LogP contribution in [0.1, 0.15) is 54.4 Å². The minimum absolute atomic E-state index is 0.157. The van der Waals surface area contributed by atoms with Crippen molar-refractivity contribution in [3.63, 3.8) is 0 Å². The van der Waals surface area contributed by atoms with Gasteiger partial charge in [0.15, 0.2) is 5.78 Å². The highest BCUT2D eigenvalue weighted by Crippen LogP contribution is 2.32. The zero-order chi connectivity index (χ0) is 23.4. The second kappa shape index (κ2) is 20.7. The maximum atomic E-state index is 11.4. The summed E-state index contributed by atoms with van der Waals surface area (Å²) in [6.45, 7) is 11.1. The number of allylic oxidation sites excluding steroid dienone is 1. The van der Waals surface area contributed by atoms with Crippen molar-refractivity contribution in [2.45, 2.75) is 54.4 Å². The fourth-order valence-corrected chi connectivity index (χ4v) is 3.20. The molecule has 2 N–H and O–H groups in total. The Morgan fingerprint density at radius 3 is 1.76 bits per heavy atom. The lowest BCUT2D eigenvalue weighted by Gasteiger charge is -2.20. The predicted molar refractivity (Wildman–Crippen MR) is 118 cm³/mol. The first kappa shape index (κ1) is 31.7. The molecule has 9 heteroatoms. The van der Waals surface area contributed by atoms with Crippen LogP contribution in [0.4, 0.5) is 0 Å². The average molecular weight is 436 g/mol. The van der Waals surface area contributed by atoms with Gasteiger partial charge in [-0.1, -0.05) is 12.8 Å². The van der Waals surface area contributed by atoms with Crippen LogP contribution in [0.2, 0.25) is 0 Å². The smallest absolute Gasteiger partial charge is 0.305 e. The molecule has 1 atom stereocenters.